The van der Waals surface area contributed by atoms with Gasteiger partial charge in [0.05, 0.1) is 22.5 Å². The number of pyridine rings is 1. The number of benzene rings is 1. The molecule has 0 amide bonds. The van der Waals surface area contributed by atoms with Crippen molar-refractivity contribution in [1.82, 2.24) is 19.7 Å². The number of hydrogen-bond acceptors (Lipinski definition) is 8. The number of halogens is 1. The average molecular weight is 514 g/mol. The van der Waals surface area contributed by atoms with E-state index in [-0.39, 0.29) is 15.8 Å². The topological polar surface area (TPSA) is 99.0 Å². The van der Waals surface area contributed by atoms with Crippen LogP contribution in [0.25, 0.3) is 22.5 Å². The third-order valence-electron chi connectivity index (χ3n) is 4.87. The van der Waals surface area contributed by atoms with Crippen LogP contribution in [-0.2, 0) is 17.1 Å². The Morgan fingerprint density at radius 3 is 2.62 bits per heavy atom. The molecule has 4 aromatic heterocycles. The first-order valence-electron chi connectivity index (χ1n) is 9.81. The van der Waals surface area contributed by atoms with Crippen molar-refractivity contribution in [3.8, 4) is 34.0 Å². The van der Waals surface area contributed by atoms with E-state index < -0.39 is 15.8 Å². The number of sulfonamides is 1. The third-order valence-corrected chi connectivity index (χ3v) is 7.71. The van der Waals surface area contributed by atoms with Crippen molar-refractivity contribution in [2.75, 3.05) is 4.72 Å². The number of hydrogen-bond donors (Lipinski definition) is 1. The summed E-state index contributed by atoms with van der Waals surface area (Å²) in [4.78, 5) is 8.10. The molecule has 0 unspecified atom stereocenters. The van der Waals surface area contributed by atoms with E-state index in [0.717, 1.165) is 34.4 Å². The lowest BCUT2D eigenvalue weighted by Crippen LogP contribution is -2.13. The summed E-state index contributed by atoms with van der Waals surface area (Å²) in [5, 5.41) is 9.97. The first-order chi connectivity index (χ1) is 16.4. The Morgan fingerprint density at radius 2 is 1.94 bits per heavy atom. The summed E-state index contributed by atoms with van der Waals surface area (Å²) >= 11 is 2.68. The summed E-state index contributed by atoms with van der Waals surface area (Å²) in [5.41, 5.74) is 3.10. The third kappa shape index (κ3) is 4.42. The molecule has 34 heavy (non-hydrogen) atoms. The highest BCUT2D eigenvalue weighted by Crippen LogP contribution is 2.37. The number of thiophene rings is 1. The first-order valence-corrected chi connectivity index (χ1v) is 13.1. The highest BCUT2D eigenvalue weighted by Gasteiger charge is 2.20. The van der Waals surface area contributed by atoms with Gasteiger partial charge in [0.25, 0.3) is 10.0 Å². The summed E-state index contributed by atoms with van der Waals surface area (Å²) in [6.07, 6.45) is 4.64. The van der Waals surface area contributed by atoms with Gasteiger partial charge in [-0.1, -0.05) is 0 Å². The van der Waals surface area contributed by atoms with Crippen LogP contribution < -0.4 is 9.46 Å². The molecule has 5 aromatic rings. The zero-order chi connectivity index (χ0) is 23.7. The van der Waals surface area contributed by atoms with E-state index in [1.807, 2.05) is 29.0 Å². The molecule has 0 spiro atoms. The SMILES string of the molecule is Cn1nccc1-c1cc(-c2ccsc2)ncc1Oc1ccc(S(=O)(=O)Nc2nccs2)cc1F. The number of ether oxygens (including phenoxy) is 1. The lowest BCUT2D eigenvalue weighted by Gasteiger charge is -2.14. The van der Waals surface area contributed by atoms with Crippen LogP contribution in [0, 0.1) is 5.82 Å². The van der Waals surface area contributed by atoms with E-state index in [9.17, 15) is 12.8 Å². The Bertz CT molecular complexity index is 1550. The van der Waals surface area contributed by atoms with E-state index in [1.165, 1.54) is 24.5 Å². The number of aromatic nitrogens is 4. The van der Waals surface area contributed by atoms with E-state index in [0.29, 0.717) is 11.3 Å². The van der Waals surface area contributed by atoms with E-state index >= 15 is 0 Å². The summed E-state index contributed by atoms with van der Waals surface area (Å²) < 4.78 is 49.9. The van der Waals surface area contributed by atoms with Crippen LogP contribution in [0.4, 0.5) is 9.52 Å². The van der Waals surface area contributed by atoms with Crippen molar-refractivity contribution in [2.45, 2.75) is 4.90 Å². The molecule has 0 bridgehead atoms. The molecular weight excluding hydrogens is 497 g/mol. The zero-order valence-electron chi connectivity index (χ0n) is 17.5. The molecule has 1 aromatic carbocycles. The Morgan fingerprint density at radius 1 is 1.06 bits per heavy atom. The molecular formula is C22H16FN5O3S3. The second kappa shape index (κ2) is 8.97. The summed E-state index contributed by atoms with van der Waals surface area (Å²) in [6.45, 7) is 0. The molecule has 0 aliphatic heterocycles. The van der Waals surface area contributed by atoms with Crippen LogP contribution in [0.3, 0.4) is 0 Å². The average Bonchev–Trinajstić information content (AvgIpc) is 3.58. The van der Waals surface area contributed by atoms with Gasteiger partial charge >= 0.3 is 0 Å². The van der Waals surface area contributed by atoms with E-state index in [1.54, 1.807) is 34.6 Å². The number of anilines is 1. The van der Waals surface area contributed by atoms with Gasteiger partial charge in [-0.3, -0.25) is 14.4 Å². The predicted molar refractivity (Wildman–Crippen MR) is 129 cm³/mol. The second-order valence-electron chi connectivity index (χ2n) is 7.05. The van der Waals surface area contributed by atoms with Crippen molar-refractivity contribution in [1.29, 1.82) is 0 Å². The zero-order valence-corrected chi connectivity index (χ0v) is 20.0. The Balaban J connectivity index is 1.49. The van der Waals surface area contributed by atoms with Gasteiger partial charge in [-0.2, -0.15) is 16.4 Å². The molecule has 8 nitrogen and oxygen atoms in total. The lowest BCUT2D eigenvalue weighted by molar-refractivity contribution is 0.440. The smallest absolute Gasteiger partial charge is 0.263 e. The van der Waals surface area contributed by atoms with Gasteiger partial charge in [0, 0.05) is 41.3 Å². The van der Waals surface area contributed by atoms with Gasteiger partial charge in [-0.15, -0.1) is 11.3 Å². The molecule has 0 aliphatic rings. The van der Waals surface area contributed by atoms with Gasteiger partial charge in [0.2, 0.25) is 0 Å². The normalized spacial score (nSPS) is 11.5. The molecule has 4 heterocycles. The Hall–Kier alpha value is -3.61. The monoisotopic (exact) mass is 513 g/mol. The standard InChI is InChI=1S/C22H16FN5O3S3/c1-28-19(4-6-26-28)16-11-18(14-5-8-32-13-14)25-12-21(16)31-20-3-2-15(10-17(20)23)34(29,30)27-22-24-7-9-33-22/h2-13H,1H3,(H,24,27). The number of rotatable bonds is 7. The molecule has 0 saturated heterocycles. The minimum Gasteiger partial charge on any atom is -0.452 e. The van der Waals surface area contributed by atoms with Crippen molar-refractivity contribution in [2.24, 2.45) is 7.05 Å². The van der Waals surface area contributed by atoms with Gasteiger partial charge in [0.1, 0.15) is 0 Å². The van der Waals surface area contributed by atoms with E-state index in [2.05, 4.69) is 19.8 Å². The highest BCUT2D eigenvalue weighted by molar-refractivity contribution is 7.93. The number of thiazole rings is 1. The molecule has 0 aliphatic carbocycles. The van der Waals surface area contributed by atoms with Crippen molar-refractivity contribution < 1.29 is 17.5 Å². The first kappa shape index (κ1) is 22.2. The molecule has 0 atom stereocenters. The molecule has 0 fully saturated rings. The number of nitrogens with one attached hydrogen (secondary N) is 1. The van der Waals surface area contributed by atoms with Crippen molar-refractivity contribution >= 4 is 37.8 Å². The van der Waals surface area contributed by atoms with Crippen LogP contribution >= 0.6 is 22.7 Å². The minimum absolute atomic E-state index is 0.137. The van der Waals surface area contributed by atoms with Gasteiger partial charge < -0.3 is 4.74 Å². The van der Waals surface area contributed by atoms with Crippen LogP contribution in [0.1, 0.15) is 0 Å². The van der Waals surface area contributed by atoms with Crippen molar-refractivity contribution in [3.05, 3.63) is 76.9 Å². The molecule has 172 valence electrons. The highest BCUT2D eigenvalue weighted by atomic mass is 32.2. The van der Waals surface area contributed by atoms with E-state index in [4.69, 9.17) is 4.74 Å². The predicted octanol–water partition coefficient (Wildman–Crippen LogP) is 5.40. The van der Waals surface area contributed by atoms with Crippen LogP contribution in [0.2, 0.25) is 0 Å². The van der Waals surface area contributed by atoms with Gasteiger partial charge in [-0.25, -0.2) is 17.8 Å². The maximum absolute atomic E-state index is 14.9. The fourth-order valence-electron chi connectivity index (χ4n) is 3.23. The second-order valence-corrected chi connectivity index (χ2v) is 10.4. The summed E-state index contributed by atoms with van der Waals surface area (Å²) in [6, 6.07) is 9.07. The molecule has 1 N–H and O–H groups in total. The fourth-order valence-corrected chi connectivity index (χ4v) is 5.68. The number of nitrogens with zero attached hydrogens (tertiary/aromatic N) is 4. The fraction of sp³-hybridized carbons (Fsp3) is 0.0455. The Kier molecular flexibility index (Phi) is 5.86. The van der Waals surface area contributed by atoms with Crippen LogP contribution in [-0.4, -0.2) is 28.2 Å². The lowest BCUT2D eigenvalue weighted by atomic mass is 10.1. The number of aryl methyl sites for hydroxylation is 1. The molecule has 0 radical (unpaired) electrons. The maximum atomic E-state index is 14.9. The van der Waals surface area contributed by atoms with Crippen molar-refractivity contribution in [3.63, 3.8) is 0 Å². The molecule has 0 saturated carbocycles. The van der Waals surface area contributed by atoms with Gasteiger partial charge in [-0.05, 0) is 41.8 Å². The minimum atomic E-state index is -4.00. The largest absolute Gasteiger partial charge is 0.452 e. The van der Waals surface area contributed by atoms with Crippen LogP contribution in [0.5, 0.6) is 11.5 Å². The molecule has 12 heteroatoms. The summed E-state index contributed by atoms with van der Waals surface area (Å²) in [7, 11) is -2.20. The van der Waals surface area contributed by atoms with Crippen LogP contribution in [0.15, 0.2) is 76.0 Å². The van der Waals surface area contributed by atoms with Gasteiger partial charge in [0.15, 0.2) is 22.4 Å². The quantitative estimate of drug-likeness (QED) is 0.313. The summed E-state index contributed by atoms with van der Waals surface area (Å²) in [5.74, 6) is -0.667. The maximum Gasteiger partial charge on any atom is 0.263 e. The Labute approximate surface area is 202 Å². The molecule has 5 rings (SSSR count).